The number of hydrogen-bond donors (Lipinski definition) is 0. The number of hydrogen-bond acceptors (Lipinski definition) is 9. The third-order valence-electron chi connectivity index (χ3n) is 8.17. The topological polar surface area (TPSA) is 91.3 Å². The Hall–Kier alpha value is -2.76. The number of aromatic nitrogens is 2. The van der Waals surface area contributed by atoms with Gasteiger partial charge < -0.3 is 24.2 Å². The van der Waals surface area contributed by atoms with Crippen LogP contribution in [-0.2, 0) is 16.1 Å². The van der Waals surface area contributed by atoms with Crippen LogP contribution in [0.15, 0.2) is 29.4 Å². The second kappa shape index (κ2) is 12.4. The Morgan fingerprint density at radius 2 is 1.62 bits per heavy atom. The molecular formula is C28H35ClN6O4S. The highest BCUT2D eigenvalue weighted by Gasteiger charge is 2.30. The van der Waals surface area contributed by atoms with E-state index in [0.29, 0.717) is 55.5 Å². The molecule has 2 amide bonds. The number of halogens is 1. The van der Waals surface area contributed by atoms with E-state index in [0.717, 1.165) is 62.6 Å². The van der Waals surface area contributed by atoms with E-state index in [4.69, 9.17) is 26.1 Å². The van der Waals surface area contributed by atoms with E-state index in [2.05, 4.69) is 20.9 Å². The minimum atomic E-state index is 0.0805. The first kappa shape index (κ1) is 27.4. The summed E-state index contributed by atoms with van der Waals surface area (Å²) in [5.74, 6) is 3.20. The molecular weight excluding hydrogens is 552 g/mol. The van der Waals surface area contributed by atoms with Crippen molar-refractivity contribution in [3.05, 3.63) is 35.0 Å². The number of rotatable bonds is 7. The Morgan fingerprint density at radius 1 is 0.900 bits per heavy atom. The summed E-state index contributed by atoms with van der Waals surface area (Å²) in [7, 11) is 0. The monoisotopic (exact) mass is 586 g/mol. The molecule has 0 spiro atoms. The number of carbonyl (C=O) groups excluding carboxylic acids is 2. The highest BCUT2D eigenvalue weighted by molar-refractivity contribution is 7.99. The molecule has 0 radical (unpaired) electrons. The van der Waals surface area contributed by atoms with E-state index in [1.165, 1.54) is 17.3 Å². The molecule has 3 aliphatic heterocycles. The van der Waals surface area contributed by atoms with Crippen molar-refractivity contribution in [2.24, 2.45) is 5.92 Å². The lowest BCUT2D eigenvalue weighted by Crippen LogP contribution is -2.50. The van der Waals surface area contributed by atoms with Crippen molar-refractivity contribution in [1.82, 2.24) is 24.7 Å². The van der Waals surface area contributed by atoms with E-state index in [1.54, 1.807) is 6.07 Å². The van der Waals surface area contributed by atoms with Gasteiger partial charge in [0.1, 0.15) is 11.0 Å². The zero-order valence-corrected chi connectivity index (χ0v) is 24.2. The summed E-state index contributed by atoms with van der Waals surface area (Å²) in [6, 6.07) is 7.82. The van der Waals surface area contributed by atoms with Crippen LogP contribution in [0, 0.1) is 5.92 Å². The van der Waals surface area contributed by atoms with Gasteiger partial charge in [-0.2, -0.15) is 0 Å². The number of amides is 2. The molecule has 1 aromatic carbocycles. The van der Waals surface area contributed by atoms with Gasteiger partial charge in [0.25, 0.3) is 0 Å². The van der Waals surface area contributed by atoms with E-state index in [9.17, 15) is 9.59 Å². The number of anilines is 1. The molecule has 0 atom stereocenters. The molecule has 2 aromatic rings. The molecule has 1 aliphatic carbocycles. The Morgan fingerprint density at radius 3 is 2.40 bits per heavy atom. The lowest BCUT2D eigenvalue weighted by Gasteiger charge is -2.36. The SMILES string of the molecule is O=C(CSc1nc(Cl)cc(N2CCN(C(=O)C3CCCC3)CC2)n1)N1CCN(Cc2ccc3c(c2)OCO3)CC1. The van der Waals surface area contributed by atoms with Gasteiger partial charge in [0.2, 0.25) is 18.6 Å². The van der Waals surface area contributed by atoms with E-state index in [1.807, 2.05) is 21.9 Å². The summed E-state index contributed by atoms with van der Waals surface area (Å²) in [5.41, 5.74) is 1.18. The molecule has 214 valence electrons. The van der Waals surface area contributed by atoms with Crippen molar-refractivity contribution in [3.63, 3.8) is 0 Å². The summed E-state index contributed by atoms with van der Waals surface area (Å²) in [6.45, 7) is 6.92. The number of benzene rings is 1. The maximum absolute atomic E-state index is 13.0. The zero-order chi connectivity index (χ0) is 27.5. The summed E-state index contributed by atoms with van der Waals surface area (Å²) in [5, 5.41) is 0.864. The van der Waals surface area contributed by atoms with Gasteiger partial charge in [-0.05, 0) is 30.5 Å². The largest absolute Gasteiger partial charge is 0.454 e. The zero-order valence-electron chi connectivity index (χ0n) is 22.6. The van der Waals surface area contributed by atoms with Crippen LogP contribution in [-0.4, -0.2) is 101 Å². The van der Waals surface area contributed by atoms with Gasteiger partial charge in [-0.3, -0.25) is 14.5 Å². The van der Waals surface area contributed by atoms with Crippen LogP contribution in [0.5, 0.6) is 11.5 Å². The summed E-state index contributed by atoms with van der Waals surface area (Å²) >= 11 is 7.66. The van der Waals surface area contributed by atoms with Gasteiger partial charge in [0.05, 0.1) is 5.75 Å². The number of ether oxygens (including phenoxy) is 2. The van der Waals surface area contributed by atoms with Gasteiger partial charge in [0, 0.05) is 70.9 Å². The minimum Gasteiger partial charge on any atom is -0.454 e. The molecule has 40 heavy (non-hydrogen) atoms. The van der Waals surface area contributed by atoms with Gasteiger partial charge in [-0.25, -0.2) is 9.97 Å². The van der Waals surface area contributed by atoms with Crippen LogP contribution in [0.4, 0.5) is 5.82 Å². The van der Waals surface area contributed by atoms with Crippen molar-refractivity contribution in [1.29, 1.82) is 0 Å². The van der Waals surface area contributed by atoms with Crippen LogP contribution < -0.4 is 14.4 Å². The van der Waals surface area contributed by atoms with E-state index < -0.39 is 0 Å². The Bertz CT molecular complexity index is 1230. The van der Waals surface area contributed by atoms with Crippen LogP contribution >= 0.6 is 23.4 Å². The number of carbonyl (C=O) groups is 2. The fraction of sp³-hybridized carbons (Fsp3) is 0.571. The summed E-state index contributed by atoms with van der Waals surface area (Å²) in [6.07, 6.45) is 4.38. The molecule has 1 aromatic heterocycles. The van der Waals surface area contributed by atoms with Crippen molar-refractivity contribution < 1.29 is 19.1 Å². The molecule has 6 rings (SSSR count). The maximum Gasteiger partial charge on any atom is 0.233 e. The molecule has 0 N–H and O–H groups in total. The highest BCUT2D eigenvalue weighted by atomic mass is 35.5. The first-order valence-corrected chi connectivity index (χ1v) is 15.5. The lowest BCUT2D eigenvalue weighted by atomic mass is 10.1. The number of piperazine rings is 2. The first-order valence-electron chi connectivity index (χ1n) is 14.1. The molecule has 0 bridgehead atoms. The number of fused-ring (bicyclic) bond motifs is 1. The van der Waals surface area contributed by atoms with Crippen LogP contribution in [0.3, 0.4) is 0 Å². The predicted octanol–water partition coefficient (Wildman–Crippen LogP) is 3.13. The molecule has 10 nitrogen and oxygen atoms in total. The van der Waals surface area contributed by atoms with Gasteiger partial charge >= 0.3 is 0 Å². The standard InChI is InChI=1S/C28H35ClN6O4S/c29-24-16-25(33-11-13-35(14-12-33)27(37)21-3-1-2-4-21)31-28(30-24)40-18-26(36)34-9-7-32(8-10-34)17-20-5-6-22-23(15-20)39-19-38-22/h5-6,15-16,21H,1-4,7-14,17-19H2. The summed E-state index contributed by atoms with van der Waals surface area (Å²) < 4.78 is 10.9. The van der Waals surface area contributed by atoms with Crippen molar-refractivity contribution in [2.45, 2.75) is 37.4 Å². The Balaban J connectivity index is 0.963. The fourth-order valence-electron chi connectivity index (χ4n) is 5.87. The normalized spacial score (nSPS) is 19.9. The molecule has 12 heteroatoms. The molecule has 2 saturated heterocycles. The quantitative estimate of drug-likeness (QED) is 0.276. The fourth-order valence-corrected chi connectivity index (χ4v) is 6.85. The average Bonchev–Trinajstić information content (AvgIpc) is 3.68. The van der Waals surface area contributed by atoms with Crippen LogP contribution in [0.1, 0.15) is 31.2 Å². The predicted molar refractivity (Wildman–Crippen MR) is 153 cm³/mol. The van der Waals surface area contributed by atoms with Crippen LogP contribution in [0.2, 0.25) is 5.15 Å². The number of nitrogens with zero attached hydrogens (tertiary/aromatic N) is 6. The highest BCUT2D eigenvalue weighted by Crippen LogP contribution is 2.33. The van der Waals surface area contributed by atoms with E-state index in [-0.39, 0.29) is 24.4 Å². The van der Waals surface area contributed by atoms with Crippen molar-refractivity contribution in [3.8, 4) is 11.5 Å². The van der Waals surface area contributed by atoms with Gasteiger partial charge in [-0.15, -0.1) is 0 Å². The molecule has 0 unspecified atom stereocenters. The molecule has 4 aliphatic rings. The van der Waals surface area contributed by atoms with Crippen molar-refractivity contribution >= 4 is 41.0 Å². The van der Waals surface area contributed by atoms with Gasteiger partial charge in [-0.1, -0.05) is 42.3 Å². The van der Waals surface area contributed by atoms with Crippen LogP contribution in [0.25, 0.3) is 0 Å². The molecule has 3 fully saturated rings. The lowest BCUT2D eigenvalue weighted by molar-refractivity contribution is -0.135. The smallest absolute Gasteiger partial charge is 0.233 e. The van der Waals surface area contributed by atoms with E-state index >= 15 is 0 Å². The Labute approximate surface area is 243 Å². The molecule has 4 heterocycles. The molecule has 1 saturated carbocycles. The number of thioether (sulfide) groups is 1. The summed E-state index contributed by atoms with van der Waals surface area (Å²) in [4.78, 5) is 43.2. The first-order chi connectivity index (χ1) is 19.5. The maximum atomic E-state index is 13.0. The minimum absolute atomic E-state index is 0.0805. The average molecular weight is 587 g/mol. The third-order valence-corrected chi connectivity index (χ3v) is 9.20. The Kier molecular flexibility index (Phi) is 8.50. The second-order valence-corrected chi connectivity index (χ2v) is 12.1. The van der Waals surface area contributed by atoms with Crippen molar-refractivity contribution in [2.75, 3.05) is 69.8 Å². The van der Waals surface area contributed by atoms with Gasteiger partial charge in [0.15, 0.2) is 16.7 Å². The third kappa shape index (κ3) is 6.42. The second-order valence-electron chi connectivity index (χ2n) is 10.8.